The number of hydrogen-bond acceptors (Lipinski definition) is 4. The molecule has 28 heavy (non-hydrogen) atoms. The molecule has 4 rings (SSSR count). The number of sulfone groups is 1. The Morgan fingerprint density at radius 3 is 2.39 bits per heavy atom. The van der Waals surface area contributed by atoms with Gasteiger partial charge < -0.3 is 4.74 Å². The minimum absolute atomic E-state index is 0.0196. The topological polar surface area (TPSA) is 61.2 Å². The molecule has 0 spiro atoms. The summed E-state index contributed by atoms with van der Waals surface area (Å²) < 4.78 is 70.5. The van der Waals surface area contributed by atoms with Crippen LogP contribution < -0.4 is 4.74 Å². The van der Waals surface area contributed by atoms with Gasteiger partial charge >= 0.3 is 6.18 Å². The largest absolute Gasteiger partial charge is 0.484 e. The predicted octanol–water partition coefficient (Wildman–Crippen LogP) is 4.16. The number of alkyl halides is 3. The molecule has 0 bridgehead atoms. The second-order valence-electron chi connectivity index (χ2n) is 6.65. The Kier molecular flexibility index (Phi) is 4.04. The fourth-order valence-corrected chi connectivity index (χ4v) is 3.84. The van der Waals surface area contributed by atoms with E-state index in [0.717, 1.165) is 22.1 Å². The molecular formula is C19H15F3N2O3S. The summed E-state index contributed by atoms with van der Waals surface area (Å²) in [6.45, 7) is 1.91. The summed E-state index contributed by atoms with van der Waals surface area (Å²) in [4.78, 5) is 0.0700. The summed E-state index contributed by atoms with van der Waals surface area (Å²) in [5.41, 5.74) is 1.71. The summed E-state index contributed by atoms with van der Waals surface area (Å²) in [6, 6.07) is 10.9. The summed E-state index contributed by atoms with van der Waals surface area (Å²) in [5, 5.41) is 3.76. The molecule has 0 fully saturated rings. The number of fused-ring (bicyclic) bond motifs is 3. The van der Waals surface area contributed by atoms with Gasteiger partial charge in [0.15, 0.2) is 15.6 Å². The van der Waals surface area contributed by atoms with Gasteiger partial charge in [0.2, 0.25) is 5.69 Å². The van der Waals surface area contributed by atoms with E-state index in [1.54, 1.807) is 6.07 Å². The molecule has 1 aliphatic rings. The lowest BCUT2D eigenvalue weighted by atomic mass is 9.99. The normalized spacial score (nSPS) is 13.6. The summed E-state index contributed by atoms with van der Waals surface area (Å²) in [7, 11) is -3.42. The minimum atomic E-state index is -4.69. The fraction of sp³-hybridized carbons (Fsp3) is 0.211. The highest BCUT2D eigenvalue weighted by Crippen LogP contribution is 2.46. The highest BCUT2D eigenvalue weighted by molar-refractivity contribution is 7.90. The van der Waals surface area contributed by atoms with Crippen molar-refractivity contribution in [3.63, 3.8) is 0 Å². The lowest BCUT2D eigenvalue weighted by Crippen LogP contribution is -2.11. The van der Waals surface area contributed by atoms with E-state index >= 15 is 0 Å². The molecule has 0 radical (unpaired) electrons. The molecule has 1 aliphatic heterocycles. The monoisotopic (exact) mass is 408 g/mol. The molecule has 3 aromatic rings. The van der Waals surface area contributed by atoms with E-state index in [2.05, 4.69) is 5.10 Å². The van der Waals surface area contributed by atoms with Gasteiger partial charge in [-0.15, -0.1) is 0 Å². The second kappa shape index (κ2) is 6.10. The summed E-state index contributed by atoms with van der Waals surface area (Å²) in [6.07, 6.45) is -3.63. The number of nitrogens with zero attached hydrogens (tertiary/aromatic N) is 2. The lowest BCUT2D eigenvalue weighted by Gasteiger charge is -2.20. The molecule has 5 nitrogen and oxygen atoms in total. The third-order valence-electron chi connectivity index (χ3n) is 4.51. The van der Waals surface area contributed by atoms with Crippen molar-refractivity contribution in [1.82, 2.24) is 9.78 Å². The third kappa shape index (κ3) is 3.05. The number of hydrogen-bond donors (Lipinski definition) is 0. The zero-order chi connectivity index (χ0) is 20.3. The van der Waals surface area contributed by atoms with Crippen LogP contribution >= 0.6 is 0 Å². The van der Waals surface area contributed by atoms with Crippen LogP contribution in [0.15, 0.2) is 47.4 Å². The molecular weight excluding hydrogens is 393 g/mol. The van der Waals surface area contributed by atoms with Gasteiger partial charge in [-0.2, -0.15) is 18.3 Å². The van der Waals surface area contributed by atoms with Gasteiger partial charge in [0.1, 0.15) is 12.3 Å². The lowest BCUT2D eigenvalue weighted by molar-refractivity contribution is -0.142. The molecule has 2 heterocycles. The maximum atomic E-state index is 13.5. The minimum Gasteiger partial charge on any atom is -0.484 e. The van der Waals surface area contributed by atoms with Gasteiger partial charge in [-0.3, -0.25) is 0 Å². The van der Waals surface area contributed by atoms with Gasteiger partial charge in [-0.05, 0) is 36.8 Å². The van der Waals surface area contributed by atoms with Crippen molar-refractivity contribution in [1.29, 1.82) is 0 Å². The van der Waals surface area contributed by atoms with E-state index in [0.29, 0.717) is 11.3 Å². The molecule has 146 valence electrons. The summed E-state index contributed by atoms with van der Waals surface area (Å²) >= 11 is 0. The van der Waals surface area contributed by atoms with E-state index in [-0.39, 0.29) is 22.9 Å². The molecule has 0 atom stereocenters. The Balaban J connectivity index is 1.96. The first-order valence-corrected chi connectivity index (χ1v) is 10.2. The van der Waals surface area contributed by atoms with Gasteiger partial charge in [-0.25, -0.2) is 13.1 Å². The number of ether oxygens (including phenoxy) is 1. The fourth-order valence-electron chi connectivity index (χ4n) is 3.21. The zero-order valence-electron chi connectivity index (χ0n) is 14.9. The molecule has 0 amide bonds. The molecule has 2 aromatic carbocycles. The molecule has 0 saturated heterocycles. The molecule has 0 unspecified atom stereocenters. The van der Waals surface area contributed by atoms with Crippen molar-refractivity contribution >= 4 is 9.84 Å². The number of aromatic nitrogens is 2. The third-order valence-corrected chi connectivity index (χ3v) is 5.64. The van der Waals surface area contributed by atoms with Crippen LogP contribution in [0.25, 0.3) is 16.9 Å². The van der Waals surface area contributed by atoms with E-state index in [9.17, 15) is 21.6 Å². The Morgan fingerprint density at radius 2 is 1.79 bits per heavy atom. The van der Waals surface area contributed by atoms with Crippen LogP contribution in [-0.2, 0) is 22.6 Å². The maximum Gasteiger partial charge on any atom is 0.438 e. The first kappa shape index (κ1) is 18.5. The van der Waals surface area contributed by atoms with Crippen LogP contribution in [0.3, 0.4) is 0 Å². The number of halogens is 3. The Bertz CT molecular complexity index is 1180. The molecule has 0 N–H and O–H groups in total. The predicted molar refractivity (Wildman–Crippen MR) is 96.2 cm³/mol. The van der Waals surface area contributed by atoms with Gasteiger partial charge in [0, 0.05) is 11.8 Å². The smallest absolute Gasteiger partial charge is 0.438 e. The van der Waals surface area contributed by atoms with Crippen LogP contribution in [0.5, 0.6) is 5.75 Å². The number of benzene rings is 2. The number of aryl methyl sites for hydroxylation is 1. The van der Waals surface area contributed by atoms with E-state index in [1.807, 2.05) is 19.1 Å². The van der Waals surface area contributed by atoms with Crippen molar-refractivity contribution < 1.29 is 26.3 Å². The van der Waals surface area contributed by atoms with E-state index < -0.39 is 21.7 Å². The van der Waals surface area contributed by atoms with Gasteiger partial charge in [-0.1, -0.05) is 23.8 Å². The van der Waals surface area contributed by atoms with Crippen LogP contribution in [0, 0.1) is 6.92 Å². The zero-order valence-corrected chi connectivity index (χ0v) is 15.7. The van der Waals surface area contributed by atoms with Crippen LogP contribution in [0.4, 0.5) is 13.2 Å². The van der Waals surface area contributed by atoms with Gasteiger partial charge in [0.05, 0.1) is 10.6 Å². The highest BCUT2D eigenvalue weighted by Gasteiger charge is 2.42. The average molecular weight is 408 g/mol. The van der Waals surface area contributed by atoms with Crippen molar-refractivity contribution in [2.24, 2.45) is 0 Å². The highest BCUT2D eigenvalue weighted by atomic mass is 32.2. The number of rotatable bonds is 2. The van der Waals surface area contributed by atoms with Crippen LogP contribution in [0.2, 0.25) is 0 Å². The van der Waals surface area contributed by atoms with Crippen LogP contribution in [0.1, 0.15) is 16.8 Å². The van der Waals surface area contributed by atoms with Crippen LogP contribution in [-0.4, -0.2) is 24.5 Å². The Morgan fingerprint density at radius 1 is 1.11 bits per heavy atom. The Hall–Kier alpha value is -2.81. The molecule has 9 heteroatoms. The Labute approximate surface area is 159 Å². The standard InChI is InChI=1S/C19H15F3N2O3S/c1-11-3-8-15-12(9-11)10-27-17-16(15)24(23-18(17)19(20,21)22)13-4-6-14(7-5-13)28(2,25)26/h3-9H,10H2,1-2H3. The first-order valence-electron chi connectivity index (χ1n) is 8.29. The van der Waals surface area contributed by atoms with E-state index in [4.69, 9.17) is 4.74 Å². The van der Waals surface area contributed by atoms with Crippen molar-refractivity contribution in [2.75, 3.05) is 6.26 Å². The SMILES string of the molecule is Cc1ccc2c(c1)COc1c(C(F)(F)F)nn(-c3ccc(S(C)(=O)=O)cc3)c1-2. The second-order valence-corrected chi connectivity index (χ2v) is 8.67. The first-order chi connectivity index (χ1) is 13.1. The van der Waals surface area contributed by atoms with Gasteiger partial charge in [0.25, 0.3) is 0 Å². The summed E-state index contributed by atoms with van der Waals surface area (Å²) in [5.74, 6) is -0.323. The molecule has 0 saturated carbocycles. The molecule has 0 aliphatic carbocycles. The van der Waals surface area contributed by atoms with Crippen molar-refractivity contribution in [2.45, 2.75) is 24.6 Å². The van der Waals surface area contributed by atoms with E-state index in [1.165, 1.54) is 24.3 Å². The quantitative estimate of drug-likeness (QED) is 0.639. The average Bonchev–Trinajstić information content (AvgIpc) is 3.01. The van der Waals surface area contributed by atoms with Crippen molar-refractivity contribution in [3.05, 3.63) is 59.3 Å². The van der Waals surface area contributed by atoms with Crippen molar-refractivity contribution in [3.8, 4) is 22.7 Å². The maximum absolute atomic E-state index is 13.5. The molecule has 1 aromatic heterocycles.